The molecule has 1 aromatic rings. The number of ether oxygens (including phenoxy) is 2. The molecule has 8 heteroatoms. The van der Waals surface area contributed by atoms with E-state index in [1.165, 1.54) is 4.90 Å². The molecule has 0 radical (unpaired) electrons. The number of aryl methyl sites for hydroxylation is 2. The summed E-state index contributed by atoms with van der Waals surface area (Å²) in [7, 11) is 0. The molecule has 0 bridgehead atoms. The number of benzene rings is 1. The minimum atomic E-state index is -1.31. The van der Waals surface area contributed by atoms with Crippen LogP contribution in [0.5, 0.6) is 0 Å². The Morgan fingerprint density at radius 3 is 2.65 bits per heavy atom. The molecule has 2 fully saturated rings. The molecule has 0 aromatic heterocycles. The summed E-state index contributed by atoms with van der Waals surface area (Å²) in [6.45, 7) is 6.21. The lowest BCUT2D eigenvalue weighted by Crippen LogP contribution is -2.56. The average Bonchev–Trinajstić information content (AvgIpc) is 3.05. The van der Waals surface area contributed by atoms with Crippen LogP contribution in [0.1, 0.15) is 24.5 Å². The Morgan fingerprint density at radius 1 is 1.09 bits per heavy atom. The van der Waals surface area contributed by atoms with Gasteiger partial charge in [0.2, 0.25) is 5.91 Å². The van der Waals surface area contributed by atoms with Gasteiger partial charge in [0.05, 0.1) is 11.5 Å². The van der Waals surface area contributed by atoms with Gasteiger partial charge in [-0.3, -0.25) is 14.4 Å². The van der Waals surface area contributed by atoms with E-state index in [0.717, 1.165) is 16.8 Å². The van der Waals surface area contributed by atoms with Crippen molar-refractivity contribution in [2.45, 2.75) is 44.4 Å². The molecule has 34 heavy (non-hydrogen) atoms. The van der Waals surface area contributed by atoms with Gasteiger partial charge in [0.1, 0.15) is 24.2 Å². The highest BCUT2D eigenvalue weighted by Crippen LogP contribution is 2.57. The molecule has 1 unspecified atom stereocenters. The van der Waals surface area contributed by atoms with Crippen LogP contribution in [0.3, 0.4) is 0 Å². The average molecular weight is 467 g/mol. The number of esters is 1. The summed E-state index contributed by atoms with van der Waals surface area (Å²) in [5, 5.41) is 9.47. The van der Waals surface area contributed by atoms with E-state index >= 15 is 0 Å². The number of hydrogen-bond acceptors (Lipinski definition) is 6. The van der Waals surface area contributed by atoms with E-state index < -0.39 is 35.0 Å². The molecule has 1 aromatic carbocycles. The molecule has 1 N–H and O–H groups in total. The van der Waals surface area contributed by atoms with E-state index in [-0.39, 0.29) is 31.6 Å². The Balaban J connectivity index is 1.65. The number of cyclic esters (lactones) is 1. The van der Waals surface area contributed by atoms with Gasteiger partial charge in [-0.2, -0.15) is 0 Å². The topological polar surface area (TPSA) is 96.4 Å². The number of fused-ring (bicyclic) bond motifs is 2. The Bertz CT molecular complexity index is 1110. The van der Waals surface area contributed by atoms with Gasteiger partial charge in [0.25, 0.3) is 5.91 Å². The zero-order valence-electron chi connectivity index (χ0n) is 19.7. The number of amides is 2. The third kappa shape index (κ3) is 3.15. The standard InChI is InChI=1S/C26H30N2O6/c1-16-7-8-17(2)18(15-16)27-11-4-10-26-19(20-24(32)33-14-5-9-25(20,3)34-26)22(30)28(12-6-13-29)21(26)23(27)31/h4-5,7-10,15,19-21,29H,6,11-14H2,1-3H3/t19-,20+,21?,25-,26-/m0/s1. The molecular formula is C26H30N2O6. The number of carbonyl (C=O) groups is 3. The molecule has 2 saturated heterocycles. The monoisotopic (exact) mass is 466 g/mol. The third-order valence-corrected chi connectivity index (χ3v) is 7.53. The lowest BCUT2D eigenvalue weighted by molar-refractivity contribution is -0.156. The lowest BCUT2D eigenvalue weighted by Gasteiger charge is -2.37. The van der Waals surface area contributed by atoms with E-state index in [0.29, 0.717) is 13.0 Å². The quantitative estimate of drug-likeness (QED) is 0.536. The molecule has 5 atom stereocenters. The van der Waals surface area contributed by atoms with Crippen molar-refractivity contribution in [2.75, 3.05) is 31.2 Å². The van der Waals surface area contributed by atoms with Gasteiger partial charge in [-0.1, -0.05) is 30.4 Å². The fourth-order valence-electron chi connectivity index (χ4n) is 6.06. The van der Waals surface area contributed by atoms with Crippen LogP contribution in [0.4, 0.5) is 5.69 Å². The number of carbonyl (C=O) groups excluding carboxylic acids is 3. The maximum absolute atomic E-state index is 14.2. The first-order valence-electron chi connectivity index (χ1n) is 11.8. The molecule has 5 rings (SSSR count). The lowest BCUT2D eigenvalue weighted by atomic mass is 9.75. The highest BCUT2D eigenvalue weighted by Gasteiger charge is 2.74. The molecule has 4 heterocycles. The first kappa shape index (κ1) is 22.8. The summed E-state index contributed by atoms with van der Waals surface area (Å²) in [5.74, 6) is -2.84. The normalized spacial score (nSPS) is 34.5. The fraction of sp³-hybridized carbons (Fsp3) is 0.500. The van der Waals surface area contributed by atoms with E-state index in [1.54, 1.807) is 24.0 Å². The molecule has 1 spiro atoms. The molecule has 0 saturated carbocycles. The number of anilines is 1. The van der Waals surface area contributed by atoms with E-state index in [9.17, 15) is 19.5 Å². The van der Waals surface area contributed by atoms with Crippen molar-refractivity contribution in [3.63, 3.8) is 0 Å². The number of likely N-dealkylation sites (tertiary alicyclic amines) is 1. The van der Waals surface area contributed by atoms with Crippen LogP contribution < -0.4 is 4.90 Å². The minimum absolute atomic E-state index is 0.119. The van der Waals surface area contributed by atoms with Gasteiger partial charge in [-0.05, 0) is 50.5 Å². The Hall–Kier alpha value is -2.97. The summed E-state index contributed by atoms with van der Waals surface area (Å²) >= 11 is 0. The van der Waals surface area contributed by atoms with Crippen molar-refractivity contribution < 1.29 is 29.0 Å². The molecule has 0 aliphatic carbocycles. The van der Waals surface area contributed by atoms with Gasteiger partial charge < -0.3 is 24.4 Å². The maximum atomic E-state index is 14.2. The van der Waals surface area contributed by atoms with Gasteiger partial charge in [0.15, 0.2) is 0 Å². The van der Waals surface area contributed by atoms with Gasteiger partial charge in [-0.15, -0.1) is 0 Å². The van der Waals surface area contributed by atoms with Crippen LogP contribution in [-0.4, -0.2) is 71.3 Å². The van der Waals surface area contributed by atoms with Crippen LogP contribution in [0.25, 0.3) is 0 Å². The number of nitrogens with zero attached hydrogens (tertiary/aromatic N) is 2. The van der Waals surface area contributed by atoms with Crippen molar-refractivity contribution in [3.05, 3.63) is 53.6 Å². The van der Waals surface area contributed by atoms with Crippen molar-refractivity contribution in [1.82, 2.24) is 4.90 Å². The second-order valence-electron chi connectivity index (χ2n) is 9.78. The van der Waals surface area contributed by atoms with Gasteiger partial charge >= 0.3 is 5.97 Å². The Morgan fingerprint density at radius 2 is 1.88 bits per heavy atom. The van der Waals surface area contributed by atoms with E-state index in [1.807, 2.05) is 44.2 Å². The smallest absolute Gasteiger partial charge is 0.313 e. The summed E-state index contributed by atoms with van der Waals surface area (Å²) in [4.78, 5) is 44.3. The van der Waals surface area contributed by atoms with Gasteiger partial charge in [0, 0.05) is 25.4 Å². The molecule has 180 valence electrons. The maximum Gasteiger partial charge on any atom is 0.313 e. The third-order valence-electron chi connectivity index (χ3n) is 7.53. The predicted octanol–water partition coefficient (Wildman–Crippen LogP) is 1.67. The minimum Gasteiger partial charge on any atom is -0.461 e. The predicted molar refractivity (Wildman–Crippen MR) is 124 cm³/mol. The number of aliphatic hydroxyl groups is 1. The van der Waals surface area contributed by atoms with Crippen LogP contribution in [0.15, 0.2) is 42.5 Å². The zero-order valence-corrected chi connectivity index (χ0v) is 19.7. The number of aliphatic hydroxyl groups excluding tert-OH is 1. The first-order valence-corrected chi connectivity index (χ1v) is 11.8. The largest absolute Gasteiger partial charge is 0.461 e. The molecule has 4 aliphatic rings. The Labute approximate surface area is 198 Å². The van der Waals surface area contributed by atoms with E-state index in [2.05, 4.69) is 0 Å². The first-order chi connectivity index (χ1) is 16.2. The van der Waals surface area contributed by atoms with E-state index in [4.69, 9.17) is 9.47 Å². The highest BCUT2D eigenvalue weighted by atomic mass is 16.6. The van der Waals surface area contributed by atoms with Crippen LogP contribution in [0.2, 0.25) is 0 Å². The summed E-state index contributed by atoms with van der Waals surface area (Å²) < 4.78 is 12.0. The highest BCUT2D eigenvalue weighted by molar-refractivity contribution is 6.06. The second kappa shape index (κ2) is 8.06. The fourth-order valence-corrected chi connectivity index (χ4v) is 6.06. The molecule has 2 amide bonds. The van der Waals surface area contributed by atoms with Crippen LogP contribution in [0, 0.1) is 25.7 Å². The van der Waals surface area contributed by atoms with Crippen LogP contribution >= 0.6 is 0 Å². The molecule has 8 nitrogen and oxygen atoms in total. The summed E-state index contributed by atoms with van der Waals surface area (Å²) in [6.07, 6.45) is 7.49. The summed E-state index contributed by atoms with van der Waals surface area (Å²) in [5.41, 5.74) is 0.364. The Kier molecular flexibility index (Phi) is 5.41. The van der Waals surface area contributed by atoms with Crippen LogP contribution in [-0.2, 0) is 23.9 Å². The zero-order chi connectivity index (χ0) is 24.3. The van der Waals surface area contributed by atoms with Crippen molar-refractivity contribution >= 4 is 23.5 Å². The summed E-state index contributed by atoms with van der Waals surface area (Å²) in [6, 6.07) is 4.97. The number of rotatable bonds is 4. The van der Waals surface area contributed by atoms with Crippen molar-refractivity contribution in [1.29, 1.82) is 0 Å². The number of hydrogen-bond donors (Lipinski definition) is 1. The SMILES string of the molecule is Cc1ccc(C)c(N2CC=C[C@]34O[C@@]5(C)C=CCOC(=O)[C@H]5[C@H]3C(=O)N(CCCO)C4C2=O)c1. The molecular weight excluding hydrogens is 436 g/mol. The second-order valence-corrected chi connectivity index (χ2v) is 9.78. The molecule has 4 aliphatic heterocycles. The van der Waals surface area contributed by atoms with Crippen molar-refractivity contribution in [3.8, 4) is 0 Å². The van der Waals surface area contributed by atoms with Crippen molar-refractivity contribution in [2.24, 2.45) is 11.8 Å². The van der Waals surface area contributed by atoms with Gasteiger partial charge in [-0.25, -0.2) is 0 Å².